The smallest absolute Gasteiger partial charge is 0.150 e. The number of aromatic nitrogens is 1. The summed E-state index contributed by atoms with van der Waals surface area (Å²) in [5, 5.41) is 14.0. The van der Waals surface area contributed by atoms with E-state index in [0.717, 1.165) is 38.2 Å². The molecule has 0 amide bonds. The molecule has 2 aromatic heterocycles. The maximum Gasteiger partial charge on any atom is 0.150 e. The molecule has 4 aromatic rings. The number of hydrogen-bond acceptors (Lipinski definition) is 5. The number of anilines is 1. The van der Waals surface area contributed by atoms with Crippen molar-refractivity contribution in [2.24, 2.45) is 0 Å². The van der Waals surface area contributed by atoms with Crippen LogP contribution in [0.2, 0.25) is 10.0 Å². The third-order valence-electron chi connectivity index (χ3n) is 4.46. The minimum absolute atomic E-state index is 0.449. The van der Waals surface area contributed by atoms with Gasteiger partial charge in [0.1, 0.15) is 12.4 Å². The molecule has 7 heteroatoms. The first-order valence-electron chi connectivity index (χ1n) is 8.65. The zero-order valence-electron chi connectivity index (χ0n) is 14.9. The quantitative estimate of drug-likeness (QED) is 0.358. The van der Waals surface area contributed by atoms with Gasteiger partial charge in [-0.25, -0.2) is 0 Å². The number of aldehydes is 1. The molecule has 0 bridgehead atoms. The number of pyridine rings is 1. The topological polar surface area (TPSA) is 65.8 Å². The van der Waals surface area contributed by atoms with E-state index in [4.69, 9.17) is 23.2 Å². The molecule has 2 aromatic carbocycles. The maximum atomic E-state index is 10.9. The van der Waals surface area contributed by atoms with Crippen LogP contribution in [0.3, 0.4) is 0 Å². The Hall–Kier alpha value is -2.91. The van der Waals surface area contributed by atoms with E-state index in [9.17, 15) is 10.1 Å². The Morgan fingerprint density at radius 1 is 1.14 bits per heavy atom. The molecule has 0 spiro atoms. The van der Waals surface area contributed by atoms with Crippen LogP contribution in [0.5, 0.6) is 0 Å². The molecule has 0 saturated heterocycles. The molecule has 0 unspecified atom stereocenters. The highest BCUT2D eigenvalue weighted by atomic mass is 35.5. The van der Waals surface area contributed by atoms with Crippen LogP contribution in [-0.4, -0.2) is 11.3 Å². The summed E-state index contributed by atoms with van der Waals surface area (Å²) in [4.78, 5) is 16.3. The molecule has 0 saturated carbocycles. The van der Waals surface area contributed by atoms with Gasteiger partial charge in [0.2, 0.25) is 0 Å². The average molecular weight is 438 g/mol. The van der Waals surface area contributed by atoms with Gasteiger partial charge < -0.3 is 5.32 Å². The highest BCUT2D eigenvalue weighted by Gasteiger charge is 2.14. The van der Waals surface area contributed by atoms with E-state index in [1.165, 1.54) is 0 Å². The lowest BCUT2D eigenvalue weighted by Gasteiger charge is -2.10. The summed E-state index contributed by atoms with van der Waals surface area (Å²) in [7, 11) is 0. The molecule has 0 aliphatic rings. The van der Waals surface area contributed by atoms with Crippen LogP contribution in [0.1, 0.15) is 21.5 Å². The number of carbonyl (C=O) groups is 1. The molecular weight excluding hydrogens is 425 g/mol. The van der Waals surface area contributed by atoms with Crippen LogP contribution >= 0.6 is 34.5 Å². The normalized spacial score (nSPS) is 10.7. The van der Waals surface area contributed by atoms with Gasteiger partial charge in [0.05, 0.1) is 21.5 Å². The van der Waals surface area contributed by atoms with Crippen LogP contribution < -0.4 is 5.32 Å². The Morgan fingerprint density at radius 2 is 1.93 bits per heavy atom. The van der Waals surface area contributed by atoms with Crippen LogP contribution in [0.4, 0.5) is 5.69 Å². The number of nitriles is 1. The summed E-state index contributed by atoms with van der Waals surface area (Å²) in [5.74, 6) is 0. The van der Waals surface area contributed by atoms with E-state index in [1.807, 2.05) is 24.3 Å². The minimum Gasteiger partial charge on any atom is -0.379 e. The lowest BCUT2D eigenvalue weighted by Crippen LogP contribution is -2.02. The Morgan fingerprint density at radius 3 is 2.62 bits per heavy atom. The number of benzene rings is 2. The number of hydrogen-bond donors (Lipinski definition) is 1. The van der Waals surface area contributed by atoms with Gasteiger partial charge in [-0.2, -0.15) is 5.26 Å². The van der Waals surface area contributed by atoms with Gasteiger partial charge in [-0.3, -0.25) is 9.78 Å². The molecule has 4 nitrogen and oxygen atoms in total. The first-order chi connectivity index (χ1) is 14.1. The Labute approximate surface area is 181 Å². The number of rotatable bonds is 5. The Kier molecular flexibility index (Phi) is 5.50. The molecule has 0 aliphatic carbocycles. The van der Waals surface area contributed by atoms with Crippen LogP contribution in [0, 0.1) is 11.3 Å². The van der Waals surface area contributed by atoms with E-state index >= 15 is 0 Å². The van der Waals surface area contributed by atoms with E-state index in [0.29, 0.717) is 27.7 Å². The summed E-state index contributed by atoms with van der Waals surface area (Å²) < 4.78 is 0.892. The van der Waals surface area contributed by atoms with Crippen molar-refractivity contribution < 1.29 is 4.79 Å². The van der Waals surface area contributed by atoms with Crippen molar-refractivity contribution in [3.05, 3.63) is 81.5 Å². The zero-order valence-corrected chi connectivity index (χ0v) is 17.3. The second-order valence-corrected chi connectivity index (χ2v) is 8.21. The monoisotopic (exact) mass is 437 g/mol. The largest absolute Gasteiger partial charge is 0.379 e. The second kappa shape index (κ2) is 8.22. The standard InChI is InChI=1S/C22H13Cl2N3OS/c23-17-6-5-15(18(24)7-17)10-27-21-16(9-25)11-26-19-8-20(29-22(19)21)14-3-1-13(12-28)2-4-14/h1-8,11-12H,10H2,(H,26,27). The summed E-state index contributed by atoms with van der Waals surface area (Å²) in [6, 6.07) is 16.9. The van der Waals surface area contributed by atoms with Gasteiger partial charge in [0.25, 0.3) is 0 Å². The molecule has 142 valence electrons. The SMILES string of the molecule is N#Cc1cnc2cc(-c3ccc(C=O)cc3)sc2c1NCc1ccc(Cl)cc1Cl. The summed E-state index contributed by atoms with van der Waals surface area (Å²) in [5.41, 5.74) is 4.49. The predicted octanol–water partition coefficient (Wildman–Crippen LogP) is 6.57. The highest BCUT2D eigenvalue weighted by molar-refractivity contribution is 7.22. The van der Waals surface area contributed by atoms with Crippen molar-refractivity contribution >= 4 is 56.7 Å². The lowest BCUT2D eigenvalue weighted by atomic mass is 10.1. The van der Waals surface area contributed by atoms with E-state index in [-0.39, 0.29) is 0 Å². The maximum absolute atomic E-state index is 10.9. The minimum atomic E-state index is 0.449. The van der Waals surface area contributed by atoms with E-state index < -0.39 is 0 Å². The number of carbonyl (C=O) groups excluding carboxylic acids is 1. The first kappa shape index (κ1) is 19.4. The highest BCUT2D eigenvalue weighted by Crippen LogP contribution is 2.38. The van der Waals surface area contributed by atoms with Gasteiger partial charge >= 0.3 is 0 Å². The van der Waals surface area contributed by atoms with E-state index in [2.05, 4.69) is 16.4 Å². The van der Waals surface area contributed by atoms with Crippen molar-refractivity contribution in [3.63, 3.8) is 0 Å². The Bertz CT molecular complexity index is 1260. The molecule has 0 fully saturated rings. The predicted molar refractivity (Wildman–Crippen MR) is 119 cm³/mol. The molecule has 0 radical (unpaired) electrons. The van der Waals surface area contributed by atoms with Crippen molar-refractivity contribution in [1.82, 2.24) is 4.98 Å². The second-order valence-electron chi connectivity index (χ2n) is 6.31. The van der Waals surface area contributed by atoms with Crippen molar-refractivity contribution in [3.8, 4) is 16.5 Å². The van der Waals surface area contributed by atoms with Gasteiger partial charge in [-0.05, 0) is 29.3 Å². The number of halogens is 2. The van der Waals surface area contributed by atoms with Gasteiger partial charge in [-0.15, -0.1) is 11.3 Å². The fourth-order valence-corrected chi connectivity index (χ4v) is 4.57. The zero-order chi connectivity index (χ0) is 20.4. The fraction of sp³-hybridized carbons (Fsp3) is 0.0455. The summed E-state index contributed by atoms with van der Waals surface area (Å²) in [6.45, 7) is 0.449. The molecular formula is C22H13Cl2N3OS. The lowest BCUT2D eigenvalue weighted by molar-refractivity contribution is 0.112. The summed E-state index contributed by atoms with van der Waals surface area (Å²) >= 11 is 13.8. The van der Waals surface area contributed by atoms with Gasteiger partial charge in [0, 0.05) is 33.2 Å². The van der Waals surface area contributed by atoms with Crippen LogP contribution in [-0.2, 0) is 6.54 Å². The molecule has 0 atom stereocenters. The number of nitrogens with one attached hydrogen (secondary N) is 1. The van der Waals surface area contributed by atoms with Gasteiger partial charge in [0.15, 0.2) is 0 Å². The molecule has 4 rings (SSSR count). The number of thiophene rings is 1. The first-order valence-corrected chi connectivity index (χ1v) is 10.2. The van der Waals surface area contributed by atoms with Crippen molar-refractivity contribution in [2.45, 2.75) is 6.54 Å². The third-order valence-corrected chi connectivity index (χ3v) is 6.24. The number of fused-ring (bicyclic) bond motifs is 1. The Balaban J connectivity index is 1.72. The average Bonchev–Trinajstić information content (AvgIpc) is 3.17. The molecule has 0 aliphatic heterocycles. The van der Waals surface area contributed by atoms with Gasteiger partial charge in [-0.1, -0.05) is 53.5 Å². The fourth-order valence-electron chi connectivity index (χ4n) is 2.95. The summed E-state index contributed by atoms with van der Waals surface area (Å²) in [6.07, 6.45) is 2.39. The number of nitrogens with zero attached hydrogens (tertiary/aromatic N) is 2. The molecule has 29 heavy (non-hydrogen) atoms. The molecule has 1 N–H and O–H groups in total. The molecule has 2 heterocycles. The van der Waals surface area contributed by atoms with Crippen LogP contribution in [0.25, 0.3) is 20.7 Å². The van der Waals surface area contributed by atoms with Crippen LogP contribution in [0.15, 0.2) is 54.7 Å². The van der Waals surface area contributed by atoms with E-state index in [1.54, 1.807) is 41.8 Å². The van der Waals surface area contributed by atoms with Crippen molar-refractivity contribution in [2.75, 3.05) is 5.32 Å². The van der Waals surface area contributed by atoms with Crippen molar-refractivity contribution in [1.29, 1.82) is 5.26 Å². The third kappa shape index (κ3) is 3.96.